The van der Waals surface area contributed by atoms with Crippen LogP contribution in [0.15, 0.2) is 350 Å². The molecule has 0 unspecified atom stereocenters. The predicted octanol–water partition coefficient (Wildman–Crippen LogP) is 27.2. The molecule has 0 aliphatic rings. The summed E-state index contributed by atoms with van der Waals surface area (Å²) in [5, 5.41) is 22.5. The molecule has 0 saturated carbocycles. The van der Waals surface area contributed by atoms with Crippen LogP contribution in [-0.4, -0.2) is 0 Å². The van der Waals surface area contributed by atoms with E-state index in [4.69, 9.17) is 17.7 Å². The number of hydrogen-bond donors (Lipinski definition) is 1. The van der Waals surface area contributed by atoms with Crippen LogP contribution in [-0.2, 0) is 0 Å². The molecule has 6 nitrogen and oxygen atoms in total. The molecule has 96 heavy (non-hydrogen) atoms. The van der Waals surface area contributed by atoms with Gasteiger partial charge < -0.3 is 27.9 Å². The van der Waals surface area contributed by atoms with Gasteiger partial charge in [-0.1, -0.05) is 217 Å². The van der Waals surface area contributed by atoms with Gasteiger partial charge in [0.05, 0.1) is 0 Å². The van der Waals surface area contributed by atoms with E-state index in [1.807, 2.05) is 72.8 Å². The lowest BCUT2D eigenvalue weighted by molar-refractivity contribution is 0.668. The van der Waals surface area contributed by atoms with Crippen molar-refractivity contribution >= 4 is 175 Å². The molecule has 0 spiro atoms. The van der Waals surface area contributed by atoms with E-state index in [1.54, 1.807) is 0 Å². The first kappa shape index (κ1) is 57.7. The maximum atomic E-state index is 6.34. The van der Waals surface area contributed by atoms with Crippen LogP contribution in [0.3, 0.4) is 0 Å². The largest absolute Gasteiger partial charge is 0.456 e. The standard InChI is InChI=1S/C44H27NO2.C24H15NO2.C20H13Br.CH4/c1-2-8-28(9-3-1)29-16-20-35-30(24-29)14-15-31-25-32(17-21-36(31)35)45(33-18-22-39-37-10-4-6-12-41(37)46-43(39)26-33)34-19-23-40-38-11-5-7-13-42(38)47-44(40)27-34;1-3-7-21-17(5-1)19-11-9-15(13-23(19)26-21)25-16-10-12-20-18-6-2-4-8-22(18)27-24(20)14-16;21-18-9-11-20-17(13-18)7-6-16-12-15(8-10-19(16)20)14-4-2-1-3-5-14;/h1-27H;1-14,25H;1-13H;1H4. The second-order valence-electron chi connectivity index (χ2n) is 24.1. The molecule has 4 aromatic heterocycles. The van der Waals surface area contributed by atoms with Crippen LogP contribution < -0.4 is 10.2 Å². The predicted molar refractivity (Wildman–Crippen MR) is 408 cm³/mol. The van der Waals surface area contributed by atoms with E-state index in [2.05, 4.69) is 281 Å². The molecule has 0 aliphatic carbocycles. The fourth-order valence-electron chi connectivity index (χ4n) is 13.8. The van der Waals surface area contributed by atoms with Crippen LogP contribution in [0.1, 0.15) is 7.43 Å². The second kappa shape index (κ2) is 24.1. The van der Waals surface area contributed by atoms with Crippen LogP contribution in [0.25, 0.3) is 153 Å². The van der Waals surface area contributed by atoms with E-state index in [9.17, 15) is 0 Å². The number of benzene rings is 16. The minimum absolute atomic E-state index is 0. The zero-order valence-electron chi connectivity index (χ0n) is 51.1. The summed E-state index contributed by atoms with van der Waals surface area (Å²) in [5.41, 5.74) is 17.1. The van der Waals surface area contributed by atoms with Crippen molar-refractivity contribution in [2.45, 2.75) is 7.43 Å². The number of fused-ring (bicyclic) bond motifs is 18. The van der Waals surface area contributed by atoms with Crippen molar-refractivity contribution in [3.63, 3.8) is 0 Å². The average molecular weight is 1300 g/mol. The molecule has 0 fully saturated rings. The van der Waals surface area contributed by atoms with Gasteiger partial charge in [-0.2, -0.15) is 0 Å². The maximum absolute atomic E-state index is 6.34. The molecule has 20 aromatic rings. The molecule has 7 heteroatoms. The Morgan fingerprint density at radius 1 is 0.219 bits per heavy atom. The Morgan fingerprint density at radius 3 is 0.938 bits per heavy atom. The summed E-state index contributed by atoms with van der Waals surface area (Å²) in [6, 6.07) is 115. The van der Waals surface area contributed by atoms with Gasteiger partial charge in [-0.15, -0.1) is 0 Å². The van der Waals surface area contributed by atoms with Crippen LogP contribution in [0.4, 0.5) is 28.4 Å². The van der Waals surface area contributed by atoms with Crippen molar-refractivity contribution in [3.8, 4) is 22.3 Å². The van der Waals surface area contributed by atoms with E-state index in [0.717, 1.165) is 121 Å². The van der Waals surface area contributed by atoms with E-state index in [0.29, 0.717) is 0 Å². The van der Waals surface area contributed by atoms with E-state index < -0.39 is 0 Å². The summed E-state index contributed by atoms with van der Waals surface area (Å²) in [5.74, 6) is 0. The normalized spacial score (nSPS) is 11.5. The Hall–Kier alpha value is -12.2. The monoisotopic (exact) mass is 1300 g/mol. The van der Waals surface area contributed by atoms with Crippen molar-refractivity contribution in [2.24, 2.45) is 0 Å². The number of halogens is 1. The summed E-state index contributed by atoms with van der Waals surface area (Å²) in [6.45, 7) is 0. The van der Waals surface area contributed by atoms with Crippen molar-refractivity contribution in [1.82, 2.24) is 0 Å². The number of para-hydroxylation sites is 4. The molecule has 0 atom stereocenters. The Morgan fingerprint density at radius 2 is 0.521 bits per heavy atom. The molecular weight excluding hydrogens is 1240 g/mol. The minimum atomic E-state index is 0. The number of hydrogen-bond acceptors (Lipinski definition) is 6. The maximum Gasteiger partial charge on any atom is 0.137 e. The van der Waals surface area contributed by atoms with Crippen LogP contribution in [0.2, 0.25) is 0 Å². The van der Waals surface area contributed by atoms with Gasteiger partial charge in [0.2, 0.25) is 0 Å². The summed E-state index contributed by atoms with van der Waals surface area (Å²) in [6.07, 6.45) is 0. The van der Waals surface area contributed by atoms with Gasteiger partial charge >= 0.3 is 0 Å². The number of nitrogens with one attached hydrogen (secondary N) is 1. The first-order valence-electron chi connectivity index (χ1n) is 31.8. The highest BCUT2D eigenvalue weighted by molar-refractivity contribution is 9.10. The lowest BCUT2D eigenvalue weighted by atomic mass is 9.97. The van der Waals surface area contributed by atoms with Crippen molar-refractivity contribution in [3.05, 3.63) is 332 Å². The van der Waals surface area contributed by atoms with E-state index >= 15 is 0 Å². The van der Waals surface area contributed by atoms with Gasteiger partial charge in [-0.25, -0.2) is 0 Å². The second-order valence-corrected chi connectivity index (χ2v) is 25.1. The third-order valence-electron chi connectivity index (χ3n) is 18.4. The molecule has 20 rings (SSSR count). The van der Waals surface area contributed by atoms with E-state index in [-0.39, 0.29) is 7.43 Å². The number of rotatable bonds is 7. The van der Waals surface area contributed by atoms with Crippen LogP contribution in [0, 0.1) is 0 Å². The SMILES string of the molecule is Brc1ccc2c(ccc3cc(-c4ccccc4)ccc32)c1.C.c1ccc(-c2ccc3c(ccc4cc(N(c5ccc6c(c5)oc5ccccc56)c5ccc6c(c5)oc5ccccc56)ccc43)c2)cc1.c1ccc2c(c1)oc1cc(Nc3ccc4c(c3)oc3ccccc34)ccc12. The molecule has 0 amide bonds. The van der Waals surface area contributed by atoms with Gasteiger partial charge in [0, 0.05) is 100 Å². The first-order valence-corrected chi connectivity index (χ1v) is 32.6. The smallest absolute Gasteiger partial charge is 0.137 e. The quantitative estimate of drug-likeness (QED) is 0.160. The summed E-state index contributed by atoms with van der Waals surface area (Å²) in [4.78, 5) is 2.29. The molecule has 0 saturated heterocycles. The molecule has 0 radical (unpaired) electrons. The van der Waals surface area contributed by atoms with Crippen molar-refractivity contribution in [1.29, 1.82) is 0 Å². The highest BCUT2D eigenvalue weighted by atomic mass is 79.9. The molecule has 1 N–H and O–H groups in total. The van der Waals surface area contributed by atoms with Crippen LogP contribution >= 0.6 is 15.9 Å². The van der Waals surface area contributed by atoms with Gasteiger partial charge in [0.15, 0.2) is 0 Å². The average Bonchev–Trinajstić information content (AvgIpc) is 1.78. The highest BCUT2D eigenvalue weighted by Crippen LogP contribution is 2.43. The minimum Gasteiger partial charge on any atom is -0.456 e. The van der Waals surface area contributed by atoms with Crippen molar-refractivity contribution < 1.29 is 17.7 Å². The molecule has 4 heterocycles. The van der Waals surface area contributed by atoms with Crippen molar-refractivity contribution in [2.75, 3.05) is 10.2 Å². The van der Waals surface area contributed by atoms with E-state index in [1.165, 1.54) is 65.3 Å². The lowest BCUT2D eigenvalue weighted by Crippen LogP contribution is -2.09. The third kappa shape index (κ3) is 10.5. The molecule has 456 valence electrons. The Balaban J connectivity index is 0.000000120. The zero-order valence-corrected chi connectivity index (χ0v) is 52.7. The Kier molecular flexibility index (Phi) is 14.5. The number of nitrogens with zero attached hydrogens (tertiary/aromatic N) is 1. The Labute approximate surface area is 561 Å². The number of furan rings is 4. The third-order valence-corrected chi connectivity index (χ3v) is 18.9. The van der Waals surface area contributed by atoms with Gasteiger partial charge in [0.25, 0.3) is 0 Å². The molecule has 0 aliphatic heterocycles. The molecule has 0 bridgehead atoms. The fourth-order valence-corrected chi connectivity index (χ4v) is 14.2. The van der Waals surface area contributed by atoms with Crippen LogP contribution in [0.5, 0.6) is 0 Å². The summed E-state index contributed by atoms with van der Waals surface area (Å²) >= 11 is 3.54. The number of anilines is 5. The highest BCUT2D eigenvalue weighted by Gasteiger charge is 2.19. The van der Waals surface area contributed by atoms with Gasteiger partial charge in [0.1, 0.15) is 44.7 Å². The zero-order chi connectivity index (χ0) is 62.9. The van der Waals surface area contributed by atoms with Gasteiger partial charge in [-0.05, 0) is 175 Å². The van der Waals surface area contributed by atoms with Gasteiger partial charge in [-0.3, -0.25) is 0 Å². The summed E-state index contributed by atoms with van der Waals surface area (Å²) < 4.78 is 25.8. The molecular formula is C89H59BrN2O4. The Bertz CT molecular complexity index is 6130. The molecule has 16 aromatic carbocycles. The topological polar surface area (TPSA) is 67.8 Å². The first-order chi connectivity index (χ1) is 46.9. The lowest BCUT2D eigenvalue weighted by Gasteiger charge is -2.26. The summed E-state index contributed by atoms with van der Waals surface area (Å²) in [7, 11) is 0. The fraction of sp³-hybridized carbons (Fsp3) is 0.0112.